The molecule has 9 heteroatoms. The molecular weight excluding hydrogens is 495 g/mol. The molecule has 4 aromatic rings. The third kappa shape index (κ3) is 3.81. The molecule has 2 saturated carbocycles. The van der Waals surface area contributed by atoms with Crippen LogP contribution >= 0.6 is 0 Å². The highest BCUT2D eigenvalue weighted by atomic mass is 19.1. The van der Waals surface area contributed by atoms with E-state index in [9.17, 15) is 4.79 Å². The van der Waals surface area contributed by atoms with E-state index in [0.29, 0.717) is 48.1 Å². The number of nitrogens with zero attached hydrogens (tertiary/aromatic N) is 5. The topological polar surface area (TPSA) is 91.2 Å². The molecule has 0 unspecified atom stereocenters. The van der Waals surface area contributed by atoms with E-state index in [2.05, 4.69) is 16.7 Å². The summed E-state index contributed by atoms with van der Waals surface area (Å²) in [6.45, 7) is 3.51. The summed E-state index contributed by atoms with van der Waals surface area (Å²) in [5, 5.41) is 1.05. The molecule has 202 valence electrons. The highest BCUT2D eigenvalue weighted by Gasteiger charge is 2.47. The highest BCUT2D eigenvalue weighted by Crippen LogP contribution is 2.39. The number of pyridine rings is 1. The van der Waals surface area contributed by atoms with Crippen molar-refractivity contribution in [3.05, 3.63) is 47.9 Å². The van der Waals surface area contributed by atoms with Crippen LogP contribution in [0.2, 0.25) is 0 Å². The molecular formula is C30H33FN6O2. The van der Waals surface area contributed by atoms with Crippen LogP contribution in [-0.4, -0.2) is 61.8 Å². The summed E-state index contributed by atoms with van der Waals surface area (Å²) in [4.78, 5) is 25.1. The van der Waals surface area contributed by atoms with Gasteiger partial charge in [-0.05, 0) is 74.3 Å². The molecule has 4 fully saturated rings. The van der Waals surface area contributed by atoms with Crippen LogP contribution in [0.5, 0.6) is 0 Å². The van der Waals surface area contributed by atoms with Crippen molar-refractivity contribution in [2.24, 2.45) is 23.5 Å². The smallest absolute Gasteiger partial charge is 0.254 e. The largest absolute Gasteiger partial charge is 0.381 e. The van der Waals surface area contributed by atoms with Crippen LogP contribution < -0.4 is 5.73 Å². The fourth-order valence-corrected chi connectivity index (χ4v) is 7.16. The van der Waals surface area contributed by atoms with Gasteiger partial charge in [0.25, 0.3) is 5.91 Å². The van der Waals surface area contributed by atoms with E-state index in [4.69, 9.17) is 20.4 Å². The fraction of sp³-hybridized carbons (Fsp3) is 0.500. The number of ether oxygens (including phenoxy) is 1. The summed E-state index contributed by atoms with van der Waals surface area (Å²) in [5.41, 5.74) is 9.54. The molecule has 3 aromatic heterocycles. The van der Waals surface area contributed by atoms with Gasteiger partial charge in [0.15, 0.2) is 5.82 Å². The summed E-state index contributed by atoms with van der Waals surface area (Å²) >= 11 is 0. The predicted molar refractivity (Wildman–Crippen MR) is 146 cm³/mol. The predicted octanol–water partition coefficient (Wildman–Crippen LogP) is 4.20. The van der Waals surface area contributed by atoms with Gasteiger partial charge in [-0.3, -0.25) is 4.79 Å². The van der Waals surface area contributed by atoms with Crippen molar-refractivity contribution in [2.45, 2.75) is 57.3 Å². The van der Waals surface area contributed by atoms with Gasteiger partial charge in [0.1, 0.15) is 17.0 Å². The van der Waals surface area contributed by atoms with E-state index < -0.39 is 5.82 Å². The Balaban J connectivity index is 1.27. The first-order chi connectivity index (χ1) is 19.0. The Morgan fingerprint density at radius 3 is 2.69 bits per heavy atom. The standard InChI is InChI=1S/C30H33FN6O2/c31-22-10-21(30(38)36-15-20-5-6-24(36)26(20)32)11-23-27(22)37(14-18-7-9-39-16-18)29(34-23)25-12-19-2-1-8-33-28(19)35(25)13-17-3-4-17/h1-2,8,10-12,17-18,20,24,26H,3-7,9,13-16,32H2/t18-,20+,24+,26+/m0/s1. The molecule has 1 aromatic carbocycles. The molecule has 8 nitrogen and oxygen atoms in total. The molecule has 4 atom stereocenters. The molecule has 2 saturated heterocycles. The number of amides is 1. The van der Waals surface area contributed by atoms with E-state index >= 15 is 4.39 Å². The quantitative estimate of drug-likeness (QED) is 0.405. The first-order valence-corrected chi connectivity index (χ1v) is 14.3. The van der Waals surface area contributed by atoms with Crippen molar-refractivity contribution in [3.63, 3.8) is 0 Å². The Bertz CT molecular complexity index is 1600. The third-order valence-corrected chi connectivity index (χ3v) is 9.44. The Kier molecular flexibility index (Phi) is 5.35. The number of carbonyl (C=O) groups is 1. The molecule has 2 N–H and O–H groups in total. The second-order valence-corrected chi connectivity index (χ2v) is 12.0. The molecule has 39 heavy (non-hydrogen) atoms. The van der Waals surface area contributed by atoms with Crippen molar-refractivity contribution in [3.8, 4) is 11.5 Å². The molecule has 0 spiro atoms. The maximum Gasteiger partial charge on any atom is 0.254 e. The average Bonchev–Trinajstić information content (AvgIpc) is 3.31. The first-order valence-electron chi connectivity index (χ1n) is 14.3. The minimum atomic E-state index is -0.412. The number of aromatic nitrogens is 4. The number of piperidine rings is 1. The van der Waals surface area contributed by atoms with Crippen molar-refractivity contribution in [1.82, 2.24) is 24.0 Å². The highest BCUT2D eigenvalue weighted by molar-refractivity contribution is 5.98. The lowest BCUT2D eigenvalue weighted by Crippen LogP contribution is -2.41. The zero-order valence-corrected chi connectivity index (χ0v) is 21.9. The maximum absolute atomic E-state index is 16.0. The second-order valence-electron chi connectivity index (χ2n) is 12.0. The summed E-state index contributed by atoms with van der Waals surface area (Å²) < 4.78 is 26.0. The van der Waals surface area contributed by atoms with Gasteiger partial charge >= 0.3 is 0 Å². The van der Waals surface area contributed by atoms with Gasteiger partial charge in [0.05, 0.1) is 17.8 Å². The second kappa shape index (κ2) is 8.86. The summed E-state index contributed by atoms with van der Waals surface area (Å²) in [6, 6.07) is 9.37. The zero-order valence-electron chi connectivity index (χ0n) is 21.9. The van der Waals surface area contributed by atoms with Crippen molar-refractivity contribution < 1.29 is 13.9 Å². The van der Waals surface area contributed by atoms with E-state index in [1.807, 2.05) is 21.7 Å². The van der Waals surface area contributed by atoms with Gasteiger partial charge < -0.3 is 24.5 Å². The van der Waals surface area contributed by atoms with Crippen LogP contribution in [0.4, 0.5) is 4.39 Å². The monoisotopic (exact) mass is 528 g/mol. The van der Waals surface area contributed by atoms with Gasteiger partial charge in [-0.15, -0.1) is 0 Å². The summed E-state index contributed by atoms with van der Waals surface area (Å²) in [6.07, 6.45) is 7.16. The normalized spacial score (nSPS) is 26.5. The number of hydrogen-bond donors (Lipinski definition) is 1. The number of rotatable bonds is 6. The minimum Gasteiger partial charge on any atom is -0.381 e. The van der Waals surface area contributed by atoms with E-state index in [-0.39, 0.29) is 23.9 Å². The molecule has 5 heterocycles. The number of likely N-dealkylation sites (tertiary alicyclic amines) is 1. The lowest BCUT2D eigenvalue weighted by Gasteiger charge is -2.27. The van der Waals surface area contributed by atoms with Crippen LogP contribution in [0.3, 0.4) is 0 Å². The lowest BCUT2D eigenvalue weighted by atomic mass is 10.1. The number of fused-ring (bicyclic) bond motifs is 4. The number of carbonyl (C=O) groups excluding carboxylic acids is 1. The summed E-state index contributed by atoms with van der Waals surface area (Å²) in [7, 11) is 0. The zero-order chi connectivity index (χ0) is 26.2. The Morgan fingerprint density at radius 1 is 1.08 bits per heavy atom. The van der Waals surface area contributed by atoms with Crippen LogP contribution in [0.25, 0.3) is 33.6 Å². The number of hydrogen-bond acceptors (Lipinski definition) is 5. The summed E-state index contributed by atoms with van der Waals surface area (Å²) in [5.74, 6) is 1.42. The van der Waals surface area contributed by atoms with Gasteiger partial charge in [-0.1, -0.05) is 0 Å². The Morgan fingerprint density at radius 2 is 1.95 bits per heavy atom. The fourth-order valence-electron chi connectivity index (χ4n) is 7.16. The Labute approximate surface area is 225 Å². The van der Waals surface area contributed by atoms with Gasteiger partial charge in [0.2, 0.25) is 0 Å². The average molecular weight is 529 g/mol. The SMILES string of the molecule is N[C@@H]1[C@@H]2CC[C@H]1N(C(=O)c1cc(F)c3c(c1)nc(-c1cc4cccnc4n1CC1CC1)n3C[C@@H]1CCOC1)C2. The van der Waals surface area contributed by atoms with Crippen molar-refractivity contribution >= 4 is 28.0 Å². The molecule has 4 aliphatic rings. The maximum atomic E-state index is 16.0. The minimum absolute atomic E-state index is 0.0176. The number of benzene rings is 1. The van der Waals surface area contributed by atoms with Gasteiger partial charge in [-0.2, -0.15) is 0 Å². The third-order valence-electron chi connectivity index (χ3n) is 9.44. The van der Waals surface area contributed by atoms with Crippen molar-refractivity contribution in [1.29, 1.82) is 0 Å². The molecule has 8 rings (SSSR count). The van der Waals surface area contributed by atoms with E-state index in [1.165, 1.54) is 18.9 Å². The molecule has 2 bridgehead atoms. The van der Waals surface area contributed by atoms with Crippen LogP contribution in [0.1, 0.15) is 42.5 Å². The van der Waals surface area contributed by atoms with E-state index in [1.54, 1.807) is 6.07 Å². The molecule has 1 amide bonds. The van der Waals surface area contributed by atoms with E-state index in [0.717, 1.165) is 55.0 Å². The van der Waals surface area contributed by atoms with Gasteiger partial charge in [-0.25, -0.2) is 14.4 Å². The van der Waals surface area contributed by atoms with Crippen molar-refractivity contribution in [2.75, 3.05) is 19.8 Å². The van der Waals surface area contributed by atoms with Gasteiger partial charge in [0, 0.05) is 61.4 Å². The molecule has 0 radical (unpaired) electrons. The first kappa shape index (κ1) is 23.6. The molecule has 2 aliphatic carbocycles. The lowest BCUT2D eigenvalue weighted by molar-refractivity contribution is 0.0700. The number of nitrogens with two attached hydrogens (primary N) is 1. The van der Waals surface area contributed by atoms with Crippen LogP contribution in [0.15, 0.2) is 36.5 Å². The van der Waals surface area contributed by atoms with Crippen LogP contribution in [-0.2, 0) is 17.8 Å². The number of halogens is 1. The van der Waals surface area contributed by atoms with Crippen LogP contribution in [0, 0.1) is 23.6 Å². The molecule has 2 aliphatic heterocycles. The number of imidazole rings is 1. The Hall–Kier alpha value is -3.30.